The number of esters is 1. The van der Waals surface area contributed by atoms with Crippen LogP contribution in [0.15, 0.2) is 0 Å². The summed E-state index contributed by atoms with van der Waals surface area (Å²) in [4.78, 5) is 15.8. The Balaban J connectivity index is 5.13. The van der Waals surface area contributed by atoms with Crippen LogP contribution >= 0.6 is 0 Å². The molecule has 37 heavy (non-hydrogen) atoms. The standard InChI is InChI=1S/C31H65NO4Si/c1-10-14-16-18-19-21-23-28(22-20-17-15-11-2)30(33)36-29(26-34-25-24-32(12-3)13-4)27-35-37(8,9)31(5,6)7/h28-29H,10-27H2,1-9H3. The Morgan fingerprint density at radius 3 is 1.81 bits per heavy atom. The van der Waals surface area contributed by atoms with E-state index >= 15 is 0 Å². The highest BCUT2D eigenvalue weighted by Gasteiger charge is 2.38. The third-order valence-corrected chi connectivity index (χ3v) is 12.6. The fourth-order valence-electron chi connectivity index (χ4n) is 4.21. The second-order valence-corrected chi connectivity index (χ2v) is 17.1. The molecule has 6 heteroatoms. The predicted octanol–water partition coefficient (Wildman–Crippen LogP) is 8.62. The highest BCUT2D eigenvalue weighted by molar-refractivity contribution is 6.74. The molecule has 0 radical (unpaired) electrons. The minimum atomic E-state index is -1.95. The number of hydrogen-bond donors (Lipinski definition) is 0. The molecule has 0 saturated carbocycles. The summed E-state index contributed by atoms with van der Waals surface area (Å²) in [5, 5.41) is 0.116. The SMILES string of the molecule is CCCCCCCCC(CCCCCC)C(=O)OC(COCCN(CC)CC)CO[Si](C)(C)C(C)(C)C. The predicted molar refractivity (Wildman–Crippen MR) is 162 cm³/mol. The average Bonchev–Trinajstić information content (AvgIpc) is 2.85. The molecule has 0 aliphatic rings. The molecule has 0 aromatic carbocycles. The fourth-order valence-corrected chi connectivity index (χ4v) is 5.25. The molecule has 0 fully saturated rings. The first-order valence-corrected chi connectivity index (χ1v) is 18.6. The van der Waals surface area contributed by atoms with E-state index in [0.29, 0.717) is 19.8 Å². The van der Waals surface area contributed by atoms with Crippen LogP contribution in [0.3, 0.4) is 0 Å². The van der Waals surface area contributed by atoms with E-state index in [0.717, 1.165) is 45.3 Å². The lowest BCUT2D eigenvalue weighted by Crippen LogP contribution is -2.44. The zero-order chi connectivity index (χ0) is 28.2. The molecular weight excluding hydrogens is 478 g/mol. The van der Waals surface area contributed by atoms with E-state index in [9.17, 15) is 4.79 Å². The van der Waals surface area contributed by atoms with Gasteiger partial charge >= 0.3 is 5.97 Å². The third kappa shape index (κ3) is 17.7. The number of ether oxygens (including phenoxy) is 2. The Morgan fingerprint density at radius 1 is 0.784 bits per heavy atom. The van der Waals surface area contributed by atoms with Crippen LogP contribution in [0.1, 0.15) is 126 Å². The fraction of sp³-hybridized carbons (Fsp3) is 0.968. The number of likely N-dealkylation sites (N-methyl/N-ethyl adjacent to an activating group) is 1. The monoisotopic (exact) mass is 543 g/mol. The molecule has 222 valence electrons. The number of hydrogen-bond acceptors (Lipinski definition) is 5. The molecule has 0 aliphatic heterocycles. The minimum absolute atomic E-state index is 0.00548. The van der Waals surface area contributed by atoms with E-state index in [1.54, 1.807) is 0 Å². The molecular formula is C31H65NO4Si. The molecule has 0 spiro atoms. The summed E-state index contributed by atoms with van der Waals surface area (Å²) in [7, 11) is -1.95. The molecule has 2 unspecified atom stereocenters. The Labute approximate surface area is 232 Å². The van der Waals surface area contributed by atoms with E-state index in [1.165, 1.54) is 51.4 Å². The molecule has 0 aromatic rings. The average molecular weight is 544 g/mol. The molecule has 0 heterocycles. The molecule has 0 aromatic heterocycles. The van der Waals surface area contributed by atoms with Crippen LogP contribution in [-0.2, 0) is 18.7 Å². The van der Waals surface area contributed by atoms with Gasteiger partial charge in [0.25, 0.3) is 0 Å². The van der Waals surface area contributed by atoms with Crippen LogP contribution in [0.25, 0.3) is 0 Å². The first kappa shape index (κ1) is 36.6. The van der Waals surface area contributed by atoms with E-state index in [-0.39, 0.29) is 23.0 Å². The molecule has 2 atom stereocenters. The Morgan fingerprint density at radius 2 is 1.30 bits per heavy atom. The van der Waals surface area contributed by atoms with Gasteiger partial charge in [-0.3, -0.25) is 4.79 Å². The van der Waals surface area contributed by atoms with E-state index in [1.807, 2.05) is 0 Å². The van der Waals surface area contributed by atoms with Crippen molar-refractivity contribution in [3.05, 3.63) is 0 Å². The van der Waals surface area contributed by atoms with Crippen LogP contribution in [-0.4, -0.2) is 64.7 Å². The van der Waals surface area contributed by atoms with Gasteiger partial charge in [-0.2, -0.15) is 0 Å². The zero-order valence-corrected chi connectivity index (χ0v) is 27.5. The van der Waals surface area contributed by atoms with Crippen LogP contribution in [0, 0.1) is 5.92 Å². The van der Waals surface area contributed by atoms with Crippen LogP contribution in [0.2, 0.25) is 18.1 Å². The van der Waals surface area contributed by atoms with Gasteiger partial charge in [0.2, 0.25) is 0 Å². The van der Waals surface area contributed by atoms with E-state index in [2.05, 4.69) is 66.5 Å². The lowest BCUT2D eigenvalue weighted by molar-refractivity contribution is -0.160. The molecule has 0 aliphatic carbocycles. The second-order valence-electron chi connectivity index (χ2n) is 12.3. The molecule has 0 rings (SSSR count). The highest BCUT2D eigenvalue weighted by atomic mass is 28.4. The van der Waals surface area contributed by atoms with Gasteiger partial charge in [-0.1, -0.05) is 113 Å². The van der Waals surface area contributed by atoms with Gasteiger partial charge in [0, 0.05) is 6.54 Å². The summed E-state index contributed by atoms with van der Waals surface area (Å²) in [5.41, 5.74) is 0. The molecule has 0 saturated heterocycles. The van der Waals surface area contributed by atoms with E-state index < -0.39 is 8.32 Å². The van der Waals surface area contributed by atoms with Gasteiger partial charge < -0.3 is 18.8 Å². The number of carbonyl (C=O) groups is 1. The maximum absolute atomic E-state index is 13.4. The summed E-state index contributed by atoms with van der Waals surface area (Å²) < 4.78 is 18.7. The van der Waals surface area contributed by atoms with Crippen molar-refractivity contribution < 1.29 is 18.7 Å². The van der Waals surface area contributed by atoms with Crippen molar-refractivity contribution in [1.29, 1.82) is 0 Å². The van der Waals surface area contributed by atoms with Crippen molar-refractivity contribution in [1.82, 2.24) is 4.90 Å². The van der Waals surface area contributed by atoms with Gasteiger partial charge in [-0.05, 0) is 44.1 Å². The van der Waals surface area contributed by atoms with Crippen LogP contribution in [0.5, 0.6) is 0 Å². The van der Waals surface area contributed by atoms with Crippen molar-refractivity contribution >= 4 is 14.3 Å². The molecule has 0 amide bonds. The number of unbranched alkanes of at least 4 members (excludes halogenated alkanes) is 8. The zero-order valence-electron chi connectivity index (χ0n) is 26.5. The number of rotatable bonds is 24. The van der Waals surface area contributed by atoms with Crippen LogP contribution in [0.4, 0.5) is 0 Å². The Hall–Kier alpha value is -0.433. The summed E-state index contributed by atoms with van der Waals surface area (Å²) in [6, 6.07) is 0. The molecule has 0 bridgehead atoms. The van der Waals surface area contributed by atoms with Gasteiger partial charge in [0.1, 0.15) is 6.10 Å². The third-order valence-electron chi connectivity index (χ3n) is 8.11. The van der Waals surface area contributed by atoms with Crippen molar-refractivity contribution in [3.8, 4) is 0 Å². The first-order valence-electron chi connectivity index (χ1n) is 15.7. The summed E-state index contributed by atoms with van der Waals surface area (Å²) in [5.74, 6) is -0.0460. The highest BCUT2D eigenvalue weighted by Crippen LogP contribution is 2.36. The maximum atomic E-state index is 13.4. The Bertz CT molecular complexity index is 546. The van der Waals surface area contributed by atoms with E-state index in [4.69, 9.17) is 13.9 Å². The second kappa shape index (κ2) is 21.4. The minimum Gasteiger partial charge on any atom is -0.457 e. The topological polar surface area (TPSA) is 48.0 Å². The van der Waals surface area contributed by atoms with Crippen molar-refractivity contribution in [3.63, 3.8) is 0 Å². The summed E-state index contributed by atoms with van der Waals surface area (Å²) in [6.07, 6.45) is 13.8. The molecule has 5 nitrogen and oxygen atoms in total. The summed E-state index contributed by atoms with van der Waals surface area (Å²) >= 11 is 0. The first-order chi connectivity index (χ1) is 17.5. The quantitative estimate of drug-likeness (QED) is 0.0693. The summed E-state index contributed by atoms with van der Waals surface area (Å²) in [6.45, 7) is 24.5. The van der Waals surface area contributed by atoms with Crippen LogP contribution < -0.4 is 0 Å². The smallest absolute Gasteiger partial charge is 0.309 e. The van der Waals surface area contributed by atoms with Crippen molar-refractivity contribution in [2.75, 3.05) is 39.5 Å². The van der Waals surface area contributed by atoms with Crippen molar-refractivity contribution in [2.24, 2.45) is 5.92 Å². The van der Waals surface area contributed by atoms with Gasteiger partial charge in [0.15, 0.2) is 8.32 Å². The lowest BCUT2D eigenvalue weighted by atomic mass is 9.94. The van der Waals surface area contributed by atoms with Gasteiger partial charge in [-0.25, -0.2) is 0 Å². The lowest BCUT2D eigenvalue weighted by Gasteiger charge is -2.37. The number of nitrogens with zero attached hydrogens (tertiary/aromatic N) is 1. The number of carbonyl (C=O) groups excluding carboxylic acids is 1. The Kier molecular flexibility index (Phi) is 21.1. The largest absolute Gasteiger partial charge is 0.457 e. The van der Waals surface area contributed by atoms with Crippen molar-refractivity contribution in [2.45, 2.75) is 150 Å². The van der Waals surface area contributed by atoms with Gasteiger partial charge in [0.05, 0.1) is 25.7 Å². The van der Waals surface area contributed by atoms with Gasteiger partial charge in [-0.15, -0.1) is 0 Å². The maximum Gasteiger partial charge on any atom is 0.309 e. The molecule has 0 N–H and O–H groups in total. The normalized spacial score (nSPS) is 14.2.